The molecule has 0 unspecified atom stereocenters. The van der Waals surface area contributed by atoms with Crippen molar-refractivity contribution in [1.82, 2.24) is 19.6 Å². The molecule has 0 spiro atoms. The molecule has 0 aliphatic rings. The molecule has 0 radical (unpaired) electrons. The van der Waals surface area contributed by atoms with Crippen LogP contribution in [0.25, 0.3) is 5.69 Å². The zero-order chi connectivity index (χ0) is 17.7. The van der Waals surface area contributed by atoms with Gasteiger partial charge in [0.2, 0.25) is 5.91 Å². The van der Waals surface area contributed by atoms with E-state index in [0.29, 0.717) is 18.2 Å². The van der Waals surface area contributed by atoms with Gasteiger partial charge in [0.1, 0.15) is 5.15 Å². The number of hydrogen-bond acceptors (Lipinski definition) is 3. The smallest absolute Gasteiger partial charge is 0.236 e. The number of rotatable bonds is 7. The third-order valence-corrected chi connectivity index (χ3v) is 4.46. The number of benzene rings is 1. The highest BCUT2D eigenvalue weighted by atomic mass is 35.5. The highest BCUT2D eigenvalue weighted by molar-refractivity contribution is 6.30. The molecular formula is C18H25ClN4O. The molecule has 0 atom stereocenters. The van der Waals surface area contributed by atoms with Crippen LogP contribution in [0, 0.1) is 6.92 Å². The fraction of sp³-hybridized carbons (Fsp3) is 0.444. The van der Waals surface area contributed by atoms with Crippen LogP contribution in [-0.4, -0.2) is 52.2 Å². The Morgan fingerprint density at radius 3 is 2.42 bits per heavy atom. The van der Waals surface area contributed by atoms with Crippen molar-refractivity contribution in [3.8, 4) is 5.69 Å². The molecule has 1 heterocycles. The van der Waals surface area contributed by atoms with Crippen molar-refractivity contribution >= 4 is 17.5 Å². The molecule has 0 bridgehead atoms. The molecule has 0 N–H and O–H groups in total. The van der Waals surface area contributed by atoms with Crippen molar-refractivity contribution < 1.29 is 4.79 Å². The zero-order valence-electron chi connectivity index (χ0n) is 14.8. The van der Waals surface area contributed by atoms with E-state index in [2.05, 4.69) is 5.10 Å². The predicted octanol–water partition coefficient (Wildman–Crippen LogP) is 3.13. The van der Waals surface area contributed by atoms with Crippen LogP contribution in [0.5, 0.6) is 0 Å². The third-order valence-electron chi connectivity index (χ3n) is 4.07. The molecule has 0 aliphatic carbocycles. The second-order valence-corrected chi connectivity index (χ2v) is 6.20. The number of para-hydroxylation sites is 1. The Hall–Kier alpha value is -1.85. The van der Waals surface area contributed by atoms with E-state index >= 15 is 0 Å². The number of amides is 1. The van der Waals surface area contributed by atoms with Gasteiger partial charge in [-0.3, -0.25) is 9.69 Å². The first-order chi connectivity index (χ1) is 11.5. The average molecular weight is 349 g/mol. The van der Waals surface area contributed by atoms with E-state index in [0.717, 1.165) is 30.0 Å². The van der Waals surface area contributed by atoms with E-state index in [9.17, 15) is 4.79 Å². The van der Waals surface area contributed by atoms with Gasteiger partial charge in [0.25, 0.3) is 0 Å². The zero-order valence-corrected chi connectivity index (χ0v) is 15.5. The first-order valence-electron chi connectivity index (χ1n) is 8.23. The average Bonchev–Trinajstić information content (AvgIpc) is 2.85. The summed E-state index contributed by atoms with van der Waals surface area (Å²) in [5, 5.41) is 5.14. The van der Waals surface area contributed by atoms with Crippen molar-refractivity contribution in [2.45, 2.75) is 27.3 Å². The summed E-state index contributed by atoms with van der Waals surface area (Å²) in [5.74, 6) is 0.131. The standard InChI is InChI=1S/C18H25ClN4O/c1-5-22(6-2)17(24)13-21(4)12-16-14(3)20-23(18(16)19)15-10-8-7-9-11-15/h7-11H,5-6,12-13H2,1-4H3. The van der Waals surface area contributed by atoms with Crippen molar-refractivity contribution in [3.05, 3.63) is 46.7 Å². The molecule has 2 aromatic rings. The first kappa shape index (κ1) is 18.5. The van der Waals surface area contributed by atoms with Gasteiger partial charge in [-0.2, -0.15) is 5.10 Å². The van der Waals surface area contributed by atoms with Gasteiger partial charge in [-0.1, -0.05) is 29.8 Å². The van der Waals surface area contributed by atoms with E-state index in [4.69, 9.17) is 11.6 Å². The van der Waals surface area contributed by atoms with E-state index in [-0.39, 0.29) is 5.91 Å². The molecule has 1 amide bonds. The van der Waals surface area contributed by atoms with Crippen molar-refractivity contribution in [1.29, 1.82) is 0 Å². The topological polar surface area (TPSA) is 41.4 Å². The summed E-state index contributed by atoms with van der Waals surface area (Å²) >= 11 is 6.54. The second kappa shape index (κ2) is 8.31. The Balaban J connectivity index is 2.13. The third kappa shape index (κ3) is 4.16. The van der Waals surface area contributed by atoms with E-state index in [1.54, 1.807) is 4.68 Å². The Labute approximate surface area is 148 Å². The minimum atomic E-state index is 0.131. The molecule has 0 saturated carbocycles. The van der Waals surface area contributed by atoms with Gasteiger partial charge in [0, 0.05) is 25.2 Å². The number of aromatic nitrogens is 2. The molecule has 130 valence electrons. The van der Waals surface area contributed by atoms with Crippen LogP contribution in [0.4, 0.5) is 0 Å². The summed E-state index contributed by atoms with van der Waals surface area (Å²) in [5.41, 5.74) is 2.76. The molecule has 5 nitrogen and oxygen atoms in total. The minimum absolute atomic E-state index is 0.131. The number of nitrogens with zero attached hydrogens (tertiary/aromatic N) is 4. The Morgan fingerprint density at radius 2 is 1.83 bits per heavy atom. The van der Waals surface area contributed by atoms with Crippen LogP contribution < -0.4 is 0 Å². The molecule has 6 heteroatoms. The summed E-state index contributed by atoms with van der Waals surface area (Å²) in [6.07, 6.45) is 0. The lowest BCUT2D eigenvalue weighted by Gasteiger charge is -2.23. The van der Waals surface area contributed by atoms with E-state index in [1.807, 2.05) is 68.0 Å². The largest absolute Gasteiger partial charge is 0.342 e. The lowest BCUT2D eigenvalue weighted by Crippen LogP contribution is -2.38. The van der Waals surface area contributed by atoms with Crippen LogP contribution in [-0.2, 0) is 11.3 Å². The molecule has 1 aromatic carbocycles. The van der Waals surface area contributed by atoms with E-state index < -0.39 is 0 Å². The molecule has 2 rings (SSSR count). The molecule has 0 aliphatic heterocycles. The number of carbonyl (C=O) groups is 1. The lowest BCUT2D eigenvalue weighted by molar-refractivity contribution is -0.131. The Kier molecular flexibility index (Phi) is 6.40. The number of carbonyl (C=O) groups excluding carboxylic acids is 1. The maximum absolute atomic E-state index is 12.2. The normalized spacial score (nSPS) is 11.1. The number of likely N-dealkylation sites (N-methyl/N-ethyl adjacent to an activating group) is 2. The Morgan fingerprint density at radius 1 is 1.21 bits per heavy atom. The van der Waals surface area contributed by atoms with Crippen LogP contribution in [0.3, 0.4) is 0 Å². The Bertz CT molecular complexity index is 680. The predicted molar refractivity (Wildman–Crippen MR) is 97.6 cm³/mol. The van der Waals surface area contributed by atoms with Crippen molar-refractivity contribution in [2.75, 3.05) is 26.7 Å². The summed E-state index contributed by atoms with van der Waals surface area (Å²) in [6, 6.07) is 9.81. The lowest BCUT2D eigenvalue weighted by atomic mass is 10.2. The maximum Gasteiger partial charge on any atom is 0.236 e. The monoisotopic (exact) mass is 348 g/mol. The number of aryl methyl sites for hydroxylation is 1. The van der Waals surface area contributed by atoms with Gasteiger partial charge in [-0.25, -0.2) is 4.68 Å². The fourth-order valence-electron chi connectivity index (χ4n) is 2.68. The summed E-state index contributed by atoms with van der Waals surface area (Å²) in [7, 11) is 1.93. The minimum Gasteiger partial charge on any atom is -0.342 e. The second-order valence-electron chi connectivity index (χ2n) is 5.84. The molecule has 1 aromatic heterocycles. The SMILES string of the molecule is CCN(CC)C(=O)CN(C)Cc1c(C)nn(-c2ccccc2)c1Cl. The number of hydrogen-bond donors (Lipinski definition) is 0. The first-order valence-corrected chi connectivity index (χ1v) is 8.61. The van der Waals surface area contributed by atoms with Crippen LogP contribution in [0.2, 0.25) is 5.15 Å². The van der Waals surface area contributed by atoms with Gasteiger partial charge >= 0.3 is 0 Å². The van der Waals surface area contributed by atoms with Crippen LogP contribution >= 0.6 is 11.6 Å². The maximum atomic E-state index is 12.2. The summed E-state index contributed by atoms with van der Waals surface area (Å²) < 4.78 is 1.74. The highest BCUT2D eigenvalue weighted by Gasteiger charge is 2.18. The van der Waals surface area contributed by atoms with Crippen molar-refractivity contribution in [2.24, 2.45) is 0 Å². The summed E-state index contributed by atoms with van der Waals surface area (Å²) in [6.45, 7) is 8.35. The van der Waals surface area contributed by atoms with Gasteiger partial charge < -0.3 is 4.90 Å². The van der Waals surface area contributed by atoms with Gasteiger partial charge in [-0.15, -0.1) is 0 Å². The fourth-order valence-corrected chi connectivity index (χ4v) is 3.02. The molecule has 0 saturated heterocycles. The summed E-state index contributed by atoms with van der Waals surface area (Å²) in [4.78, 5) is 16.0. The van der Waals surface area contributed by atoms with E-state index in [1.165, 1.54) is 0 Å². The van der Waals surface area contributed by atoms with Crippen LogP contribution in [0.15, 0.2) is 30.3 Å². The van der Waals surface area contributed by atoms with Crippen molar-refractivity contribution in [3.63, 3.8) is 0 Å². The molecular weight excluding hydrogens is 324 g/mol. The van der Waals surface area contributed by atoms with Gasteiger partial charge in [-0.05, 0) is 40.0 Å². The molecule has 24 heavy (non-hydrogen) atoms. The van der Waals surface area contributed by atoms with Gasteiger partial charge in [0.15, 0.2) is 0 Å². The molecule has 0 fully saturated rings. The quantitative estimate of drug-likeness (QED) is 0.772. The van der Waals surface area contributed by atoms with Crippen LogP contribution in [0.1, 0.15) is 25.1 Å². The number of halogens is 1. The van der Waals surface area contributed by atoms with Gasteiger partial charge in [0.05, 0.1) is 17.9 Å². The highest BCUT2D eigenvalue weighted by Crippen LogP contribution is 2.24.